The highest BCUT2D eigenvalue weighted by Crippen LogP contribution is 2.27. The van der Waals surface area contributed by atoms with Gasteiger partial charge in [0.1, 0.15) is 11.5 Å². The number of aromatic hydroxyl groups is 2. The van der Waals surface area contributed by atoms with Crippen LogP contribution in [-0.2, 0) is 0 Å². The van der Waals surface area contributed by atoms with Gasteiger partial charge in [0.2, 0.25) is 0 Å². The van der Waals surface area contributed by atoms with E-state index >= 15 is 0 Å². The molecule has 0 saturated heterocycles. The number of aryl methyl sites for hydroxylation is 1. The molecule has 0 aromatic heterocycles. The zero-order chi connectivity index (χ0) is 14.7. The Bertz CT molecular complexity index is 595. The van der Waals surface area contributed by atoms with Gasteiger partial charge >= 0.3 is 0 Å². The van der Waals surface area contributed by atoms with Gasteiger partial charge in [0, 0.05) is 17.6 Å². The number of phenolic OH excluding ortho intramolecular Hbond substituents is 2. The fraction of sp³-hybridized carbons (Fsp3) is 0.294. The topological polar surface area (TPSA) is 52.5 Å². The molecule has 3 nitrogen and oxygen atoms in total. The van der Waals surface area contributed by atoms with Gasteiger partial charge in [-0.1, -0.05) is 29.8 Å². The van der Waals surface area contributed by atoms with Crippen molar-refractivity contribution in [3.63, 3.8) is 0 Å². The monoisotopic (exact) mass is 271 g/mol. The van der Waals surface area contributed by atoms with Crippen molar-refractivity contribution < 1.29 is 10.2 Å². The van der Waals surface area contributed by atoms with Crippen molar-refractivity contribution >= 4 is 0 Å². The molecule has 2 aromatic rings. The van der Waals surface area contributed by atoms with Gasteiger partial charge in [0.05, 0.1) is 0 Å². The molecule has 2 aromatic carbocycles. The van der Waals surface area contributed by atoms with E-state index in [0.29, 0.717) is 5.75 Å². The lowest BCUT2D eigenvalue weighted by molar-refractivity contribution is 0.436. The molecule has 0 radical (unpaired) electrons. The number of benzene rings is 2. The predicted molar refractivity (Wildman–Crippen MR) is 80.9 cm³/mol. The Labute approximate surface area is 119 Å². The predicted octanol–water partition coefficient (Wildman–Crippen LogP) is 3.82. The molecule has 0 aliphatic heterocycles. The highest BCUT2D eigenvalue weighted by atomic mass is 16.3. The maximum absolute atomic E-state index is 9.95. The lowest BCUT2D eigenvalue weighted by Crippen LogP contribution is -2.22. The van der Waals surface area contributed by atoms with Crippen LogP contribution in [0.15, 0.2) is 42.5 Å². The largest absolute Gasteiger partial charge is 0.508 e. The smallest absolute Gasteiger partial charge is 0.120 e. The number of phenols is 2. The molecule has 3 N–H and O–H groups in total. The first-order valence-corrected chi connectivity index (χ1v) is 6.82. The minimum Gasteiger partial charge on any atom is -0.508 e. The summed E-state index contributed by atoms with van der Waals surface area (Å²) >= 11 is 0. The van der Waals surface area contributed by atoms with Crippen molar-refractivity contribution in [3.8, 4) is 11.5 Å². The summed E-state index contributed by atoms with van der Waals surface area (Å²) in [6.07, 6.45) is 0. The fourth-order valence-corrected chi connectivity index (χ4v) is 2.38. The second kappa shape index (κ2) is 5.97. The number of rotatable bonds is 4. The lowest BCUT2D eigenvalue weighted by Gasteiger charge is -2.22. The molecular weight excluding hydrogens is 250 g/mol. The molecule has 106 valence electrons. The molecule has 2 unspecified atom stereocenters. The molecule has 0 aliphatic carbocycles. The van der Waals surface area contributed by atoms with Crippen LogP contribution in [0.3, 0.4) is 0 Å². The lowest BCUT2D eigenvalue weighted by atomic mass is 10.0. The van der Waals surface area contributed by atoms with E-state index in [1.807, 2.05) is 45.0 Å². The Hall–Kier alpha value is -2.00. The Morgan fingerprint density at radius 3 is 2.40 bits per heavy atom. The zero-order valence-electron chi connectivity index (χ0n) is 12.1. The molecule has 0 spiro atoms. The van der Waals surface area contributed by atoms with E-state index < -0.39 is 0 Å². The molecule has 3 heteroatoms. The van der Waals surface area contributed by atoms with Gasteiger partial charge in [0.15, 0.2) is 0 Å². The summed E-state index contributed by atoms with van der Waals surface area (Å²) in [7, 11) is 0. The first-order valence-electron chi connectivity index (χ1n) is 6.82. The van der Waals surface area contributed by atoms with Crippen LogP contribution in [0.5, 0.6) is 11.5 Å². The normalized spacial score (nSPS) is 13.9. The molecule has 0 aliphatic rings. The average Bonchev–Trinajstić information content (AvgIpc) is 2.41. The van der Waals surface area contributed by atoms with Crippen molar-refractivity contribution in [1.29, 1.82) is 0 Å². The Kier molecular flexibility index (Phi) is 4.30. The fourth-order valence-electron chi connectivity index (χ4n) is 2.38. The summed E-state index contributed by atoms with van der Waals surface area (Å²) in [5.74, 6) is 0.570. The quantitative estimate of drug-likeness (QED) is 0.792. The SMILES string of the molecule is Cc1ccc(O)c(C(C)NC(C)c2cccc(O)c2)c1. The van der Waals surface area contributed by atoms with Crippen molar-refractivity contribution in [2.45, 2.75) is 32.9 Å². The summed E-state index contributed by atoms with van der Waals surface area (Å²) in [5.41, 5.74) is 3.03. The molecule has 0 saturated carbocycles. The number of hydrogen-bond acceptors (Lipinski definition) is 3. The first kappa shape index (κ1) is 14.4. The van der Waals surface area contributed by atoms with E-state index in [1.54, 1.807) is 18.2 Å². The third-order valence-corrected chi connectivity index (χ3v) is 3.52. The summed E-state index contributed by atoms with van der Waals surface area (Å²) < 4.78 is 0. The summed E-state index contributed by atoms with van der Waals surface area (Å²) in [5, 5.41) is 22.9. The van der Waals surface area contributed by atoms with Gasteiger partial charge in [-0.05, 0) is 44.5 Å². The van der Waals surface area contributed by atoms with E-state index in [0.717, 1.165) is 16.7 Å². The minimum absolute atomic E-state index is 0.0206. The van der Waals surface area contributed by atoms with Gasteiger partial charge in [0.25, 0.3) is 0 Å². The van der Waals surface area contributed by atoms with E-state index in [9.17, 15) is 10.2 Å². The highest BCUT2D eigenvalue weighted by molar-refractivity contribution is 5.38. The van der Waals surface area contributed by atoms with Crippen LogP contribution in [0.4, 0.5) is 0 Å². The summed E-state index contributed by atoms with van der Waals surface area (Å²) in [6, 6.07) is 12.9. The summed E-state index contributed by atoms with van der Waals surface area (Å²) in [6.45, 7) is 6.07. The molecular formula is C17H21NO2. The second-order valence-electron chi connectivity index (χ2n) is 5.27. The van der Waals surface area contributed by atoms with Crippen molar-refractivity contribution in [3.05, 3.63) is 59.2 Å². The molecule has 0 bridgehead atoms. The van der Waals surface area contributed by atoms with Gasteiger partial charge in [-0.2, -0.15) is 0 Å². The van der Waals surface area contributed by atoms with Crippen LogP contribution < -0.4 is 5.32 Å². The Morgan fingerprint density at radius 1 is 0.950 bits per heavy atom. The third kappa shape index (κ3) is 3.31. The second-order valence-corrected chi connectivity index (χ2v) is 5.27. The molecule has 2 atom stereocenters. The van der Waals surface area contributed by atoms with Gasteiger partial charge in [-0.15, -0.1) is 0 Å². The van der Waals surface area contributed by atoms with Crippen molar-refractivity contribution in [2.24, 2.45) is 0 Å². The van der Waals surface area contributed by atoms with Crippen LogP contribution in [0.25, 0.3) is 0 Å². The maximum Gasteiger partial charge on any atom is 0.120 e. The third-order valence-electron chi connectivity index (χ3n) is 3.52. The van der Waals surface area contributed by atoms with Crippen molar-refractivity contribution in [2.75, 3.05) is 0 Å². The van der Waals surface area contributed by atoms with Gasteiger partial charge in [-0.3, -0.25) is 0 Å². The van der Waals surface area contributed by atoms with Crippen LogP contribution >= 0.6 is 0 Å². The molecule has 0 amide bonds. The van der Waals surface area contributed by atoms with E-state index in [2.05, 4.69) is 5.32 Å². The van der Waals surface area contributed by atoms with Crippen LogP contribution in [-0.4, -0.2) is 10.2 Å². The Morgan fingerprint density at radius 2 is 1.70 bits per heavy atom. The standard InChI is InChI=1S/C17H21NO2/c1-11-7-8-17(20)16(9-11)13(3)18-12(2)14-5-4-6-15(19)10-14/h4-10,12-13,18-20H,1-3H3. The molecule has 0 fully saturated rings. The summed E-state index contributed by atoms with van der Waals surface area (Å²) in [4.78, 5) is 0. The van der Waals surface area contributed by atoms with Gasteiger partial charge in [-0.25, -0.2) is 0 Å². The van der Waals surface area contributed by atoms with Crippen molar-refractivity contribution in [1.82, 2.24) is 5.32 Å². The Balaban J connectivity index is 2.15. The van der Waals surface area contributed by atoms with Crippen LogP contribution in [0.2, 0.25) is 0 Å². The zero-order valence-corrected chi connectivity index (χ0v) is 12.1. The average molecular weight is 271 g/mol. The number of nitrogens with one attached hydrogen (secondary N) is 1. The highest BCUT2D eigenvalue weighted by Gasteiger charge is 2.14. The molecule has 0 heterocycles. The molecule has 2 rings (SSSR count). The first-order chi connectivity index (χ1) is 9.47. The molecule has 20 heavy (non-hydrogen) atoms. The van der Waals surface area contributed by atoms with E-state index in [4.69, 9.17) is 0 Å². The van der Waals surface area contributed by atoms with E-state index in [-0.39, 0.29) is 17.8 Å². The number of hydrogen-bond donors (Lipinski definition) is 3. The minimum atomic E-state index is 0.0206. The maximum atomic E-state index is 9.95. The van der Waals surface area contributed by atoms with Crippen LogP contribution in [0.1, 0.15) is 42.6 Å². The van der Waals surface area contributed by atoms with Gasteiger partial charge < -0.3 is 15.5 Å². The van der Waals surface area contributed by atoms with E-state index in [1.165, 1.54) is 0 Å². The van der Waals surface area contributed by atoms with Crippen LogP contribution in [0, 0.1) is 6.92 Å².